The number of nitrogens with one attached hydrogen (secondary N) is 1. The molecule has 10 heteroatoms. The minimum absolute atomic E-state index is 0.277. The monoisotopic (exact) mass is 546 g/mol. The van der Waals surface area contributed by atoms with Gasteiger partial charge in [0.25, 0.3) is 0 Å². The highest BCUT2D eigenvalue weighted by Gasteiger charge is 2.36. The average Bonchev–Trinajstić information content (AvgIpc) is 3.31. The van der Waals surface area contributed by atoms with Gasteiger partial charge in [0.15, 0.2) is 0 Å². The van der Waals surface area contributed by atoms with E-state index in [1.807, 2.05) is 16.7 Å². The molecule has 2 atom stereocenters. The fourth-order valence-corrected chi connectivity index (χ4v) is 5.20. The van der Waals surface area contributed by atoms with Crippen molar-refractivity contribution < 1.29 is 19.0 Å². The molecule has 0 saturated carbocycles. The second kappa shape index (κ2) is 9.97. The van der Waals surface area contributed by atoms with Crippen molar-refractivity contribution in [2.24, 2.45) is 0 Å². The van der Waals surface area contributed by atoms with E-state index in [2.05, 4.69) is 45.9 Å². The summed E-state index contributed by atoms with van der Waals surface area (Å²) < 4.78 is 23.7. The Labute approximate surface area is 207 Å². The first-order valence-corrected chi connectivity index (χ1v) is 15.7. The average molecular weight is 548 g/mol. The Kier molecular flexibility index (Phi) is 7.20. The number of nitrogens with zero attached hydrogens (tertiary/aromatic N) is 3. The molecule has 0 radical (unpaired) electrons. The van der Waals surface area contributed by atoms with Gasteiger partial charge in [-0.25, -0.2) is 14.2 Å². The van der Waals surface area contributed by atoms with Gasteiger partial charge in [-0.05, 0) is 52.2 Å². The summed E-state index contributed by atoms with van der Waals surface area (Å²) in [6.07, 6.45) is 1.52. The maximum Gasteiger partial charge on any atom is 0.409 e. The van der Waals surface area contributed by atoms with Crippen LogP contribution in [0.5, 0.6) is 0 Å². The number of carbonyl (C=O) groups is 1. The first-order valence-electron chi connectivity index (χ1n) is 11.2. The van der Waals surface area contributed by atoms with E-state index in [0.717, 1.165) is 21.8 Å². The molecule has 0 spiro atoms. The molecule has 2 unspecified atom stereocenters. The van der Waals surface area contributed by atoms with Crippen LogP contribution in [-0.2, 0) is 11.5 Å². The van der Waals surface area contributed by atoms with Crippen LogP contribution >= 0.6 is 15.9 Å². The highest BCUT2D eigenvalue weighted by Crippen LogP contribution is 2.45. The van der Waals surface area contributed by atoms with Crippen LogP contribution in [0.15, 0.2) is 47.2 Å². The topological polar surface area (TPSA) is 89.3 Å². The predicted octanol–water partition coefficient (Wildman–Crippen LogP) is 6.66. The molecule has 1 amide bonds. The van der Waals surface area contributed by atoms with E-state index in [-0.39, 0.29) is 12.3 Å². The minimum atomic E-state index is -1.25. The van der Waals surface area contributed by atoms with Crippen molar-refractivity contribution in [1.82, 2.24) is 14.5 Å². The van der Waals surface area contributed by atoms with Crippen LogP contribution in [0, 0.1) is 0 Å². The van der Waals surface area contributed by atoms with Crippen LogP contribution < -0.4 is 5.32 Å². The third kappa shape index (κ3) is 5.56. The maximum atomic E-state index is 14.9. The smallest absolute Gasteiger partial charge is 0.409 e. The van der Waals surface area contributed by atoms with E-state index in [4.69, 9.17) is 14.8 Å². The Bertz CT molecular complexity index is 1180. The number of rotatable bonds is 8. The summed E-state index contributed by atoms with van der Waals surface area (Å²) in [6.45, 7) is 7.85. The van der Waals surface area contributed by atoms with Crippen LogP contribution in [0.25, 0.3) is 11.3 Å². The Morgan fingerprint density at radius 2 is 2.00 bits per heavy atom. The zero-order chi connectivity index (χ0) is 24.5. The van der Waals surface area contributed by atoms with Crippen molar-refractivity contribution >= 4 is 35.8 Å². The Balaban J connectivity index is 1.67. The number of anilines is 1. The number of amides is 1. The highest BCUT2D eigenvalue weighted by molar-refractivity contribution is 9.10. The van der Waals surface area contributed by atoms with Gasteiger partial charge in [-0.1, -0.05) is 31.8 Å². The Morgan fingerprint density at radius 1 is 1.26 bits per heavy atom. The third-order valence-corrected chi connectivity index (χ3v) is 8.01. The zero-order valence-electron chi connectivity index (χ0n) is 19.4. The number of halogens is 2. The van der Waals surface area contributed by atoms with Gasteiger partial charge in [0.2, 0.25) is 0 Å². The molecule has 0 saturated heterocycles. The Hall–Kier alpha value is -2.56. The lowest BCUT2D eigenvalue weighted by Crippen LogP contribution is -2.22. The molecule has 1 aliphatic rings. The summed E-state index contributed by atoms with van der Waals surface area (Å²) >= 11 is 3.39. The summed E-state index contributed by atoms with van der Waals surface area (Å²) in [6, 6.07) is 9.90. The molecule has 0 fully saturated rings. The van der Waals surface area contributed by atoms with E-state index in [1.165, 1.54) is 0 Å². The van der Waals surface area contributed by atoms with Crippen LogP contribution in [0.3, 0.4) is 0 Å². The SMILES string of the molecule is C[Si](C)(C)CCOCn1c(-c2ccc(NC(=O)O)cc2)cnc1C1CC(F)c2cc(Br)cnc21. The number of fused-ring (bicyclic) bond motifs is 1. The van der Waals surface area contributed by atoms with Crippen LogP contribution in [-0.4, -0.2) is 40.4 Å². The molecule has 2 N–H and O–H groups in total. The molecule has 0 aliphatic heterocycles. The summed E-state index contributed by atoms with van der Waals surface area (Å²) in [5.74, 6) is 0.437. The number of hydrogen-bond donors (Lipinski definition) is 2. The van der Waals surface area contributed by atoms with Crippen molar-refractivity contribution in [3.63, 3.8) is 0 Å². The number of alkyl halides is 1. The van der Waals surface area contributed by atoms with E-state index >= 15 is 0 Å². The third-order valence-electron chi connectivity index (χ3n) is 5.87. The Morgan fingerprint density at radius 3 is 2.68 bits per heavy atom. The fraction of sp³-hybridized carbons (Fsp3) is 0.375. The van der Waals surface area contributed by atoms with Gasteiger partial charge < -0.3 is 14.4 Å². The zero-order valence-corrected chi connectivity index (χ0v) is 22.0. The molecular formula is C24H28BrFN4O3Si. The van der Waals surface area contributed by atoms with Crippen molar-refractivity contribution in [3.05, 3.63) is 64.3 Å². The van der Waals surface area contributed by atoms with Crippen LogP contribution in [0.4, 0.5) is 14.9 Å². The second-order valence-corrected chi connectivity index (χ2v) is 16.2. The molecule has 3 aromatic rings. The standard InChI is InChI=1S/C24H28BrFN4O3Si/c1-34(2,3)9-8-33-14-30-21(15-4-6-17(7-5-15)29-24(31)32)13-28-23(30)19-11-20(26)18-10-16(25)12-27-22(18)19/h4-7,10,12-13,19-20,29H,8-9,11,14H2,1-3H3,(H,31,32). The lowest BCUT2D eigenvalue weighted by atomic mass is 10.1. The normalized spacial score (nSPS) is 17.6. The second-order valence-electron chi connectivity index (χ2n) is 9.67. The summed E-state index contributed by atoms with van der Waals surface area (Å²) in [4.78, 5) is 20.1. The summed E-state index contributed by atoms with van der Waals surface area (Å²) in [7, 11) is -1.25. The molecule has 7 nitrogen and oxygen atoms in total. The minimum Gasteiger partial charge on any atom is -0.465 e. The van der Waals surface area contributed by atoms with Gasteiger partial charge >= 0.3 is 6.09 Å². The molecule has 0 bridgehead atoms. The van der Waals surface area contributed by atoms with Crippen LogP contribution in [0.2, 0.25) is 25.7 Å². The van der Waals surface area contributed by atoms with E-state index in [1.54, 1.807) is 30.6 Å². The number of aromatic nitrogens is 3. The van der Waals surface area contributed by atoms with E-state index in [9.17, 15) is 9.18 Å². The van der Waals surface area contributed by atoms with Crippen molar-refractivity contribution in [1.29, 1.82) is 0 Å². The quantitative estimate of drug-likeness (QED) is 0.243. The predicted molar refractivity (Wildman–Crippen MR) is 136 cm³/mol. The van der Waals surface area contributed by atoms with Gasteiger partial charge in [-0.2, -0.15) is 0 Å². The van der Waals surface area contributed by atoms with E-state index in [0.29, 0.717) is 36.1 Å². The summed E-state index contributed by atoms with van der Waals surface area (Å²) in [5.41, 5.74) is 3.47. The van der Waals surface area contributed by atoms with E-state index < -0.39 is 20.3 Å². The number of carboxylic acid groups (broad SMARTS) is 1. The van der Waals surface area contributed by atoms with Gasteiger partial charge in [-0.15, -0.1) is 0 Å². The molecule has 180 valence electrons. The number of pyridine rings is 1. The van der Waals surface area contributed by atoms with Crippen molar-refractivity contribution in [3.8, 4) is 11.3 Å². The van der Waals surface area contributed by atoms with Gasteiger partial charge in [0, 0.05) is 36.6 Å². The summed E-state index contributed by atoms with van der Waals surface area (Å²) in [5, 5.41) is 11.3. The molecule has 34 heavy (non-hydrogen) atoms. The van der Waals surface area contributed by atoms with Crippen LogP contribution in [0.1, 0.15) is 35.6 Å². The first-order chi connectivity index (χ1) is 16.1. The largest absolute Gasteiger partial charge is 0.465 e. The highest BCUT2D eigenvalue weighted by atomic mass is 79.9. The molecule has 1 aliphatic carbocycles. The fourth-order valence-electron chi connectivity index (χ4n) is 4.10. The van der Waals surface area contributed by atoms with Gasteiger partial charge in [0.05, 0.1) is 23.5 Å². The molecular weight excluding hydrogens is 519 g/mol. The molecule has 4 rings (SSSR count). The lowest BCUT2D eigenvalue weighted by molar-refractivity contribution is 0.0855. The number of hydrogen-bond acceptors (Lipinski definition) is 4. The maximum absolute atomic E-state index is 14.9. The first kappa shape index (κ1) is 24.6. The number of benzene rings is 1. The lowest BCUT2D eigenvalue weighted by Gasteiger charge is -2.19. The molecule has 2 aromatic heterocycles. The number of imidazole rings is 1. The number of ether oxygens (including phenoxy) is 1. The van der Waals surface area contributed by atoms with Crippen molar-refractivity contribution in [2.45, 2.75) is 50.9 Å². The van der Waals surface area contributed by atoms with Gasteiger partial charge in [-0.3, -0.25) is 10.3 Å². The van der Waals surface area contributed by atoms with Crippen molar-refractivity contribution in [2.75, 3.05) is 11.9 Å². The molecule has 2 heterocycles. The van der Waals surface area contributed by atoms with Gasteiger partial charge in [0.1, 0.15) is 18.7 Å². The molecule has 1 aromatic carbocycles.